The molecule has 16 heavy (non-hydrogen) atoms. The Labute approximate surface area is 100 Å². The first-order chi connectivity index (χ1) is 7.86. The fraction of sp³-hybridized carbons (Fsp3) is 1.00. The van der Waals surface area contributed by atoms with Crippen LogP contribution in [0, 0.1) is 5.92 Å². The van der Waals surface area contributed by atoms with E-state index in [2.05, 4.69) is 12.2 Å². The molecule has 2 atom stereocenters. The van der Waals surface area contributed by atoms with Crippen LogP contribution < -0.4 is 5.32 Å². The molecule has 0 spiro atoms. The van der Waals surface area contributed by atoms with Gasteiger partial charge in [-0.1, -0.05) is 32.1 Å². The zero-order chi connectivity index (χ0) is 11.2. The van der Waals surface area contributed by atoms with Crippen LogP contribution in [0.15, 0.2) is 0 Å². The van der Waals surface area contributed by atoms with Gasteiger partial charge in [-0.05, 0) is 32.1 Å². The Kier molecular flexibility index (Phi) is 5.11. The minimum absolute atomic E-state index is 0.473. The van der Waals surface area contributed by atoms with E-state index in [9.17, 15) is 0 Å². The first kappa shape index (κ1) is 12.4. The molecule has 1 N–H and O–H groups in total. The predicted molar refractivity (Wildman–Crippen MR) is 67.6 cm³/mol. The lowest BCUT2D eigenvalue weighted by Gasteiger charge is -2.23. The molecule has 0 radical (unpaired) electrons. The molecule has 1 saturated heterocycles. The molecule has 1 saturated carbocycles. The topological polar surface area (TPSA) is 21.3 Å². The Morgan fingerprint density at radius 2 is 1.69 bits per heavy atom. The van der Waals surface area contributed by atoms with Crippen LogP contribution in [0.1, 0.15) is 58.3 Å². The summed E-state index contributed by atoms with van der Waals surface area (Å²) in [5.41, 5.74) is 0. The van der Waals surface area contributed by atoms with Crippen LogP contribution in [0.25, 0.3) is 0 Å². The van der Waals surface area contributed by atoms with Crippen LogP contribution in [-0.2, 0) is 4.74 Å². The summed E-state index contributed by atoms with van der Waals surface area (Å²) in [5, 5.41) is 3.78. The Balaban J connectivity index is 1.67. The summed E-state index contributed by atoms with van der Waals surface area (Å²) in [7, 11) is 0. The monoisotopic (exact) mass is 225 g/mol. The number of ether oxygens (including phenoxy) is 1. The standard InChI is InChI=1S/C14H27NO/c1-12-13(9-10-16-12)11-15-14-7-5-3-2-4-6-8-14/h12-15H,2-11H2,1H3. The number of hydrogen-bond donors (Lipinski definition) is 1. The molecule has 2 heteroatoms. The van der Waals surface area contributed by atoms with Crippen LogP contribution in [0.4, 0.5) is 0 Å². The van der Waals surface area contributed by atoms with E-state index in [-0.39, 0.29) is 0 Å². The lowest BCUT2D eigenvalue weighted by molar-refractivity contribution is 0.104. The van der Waals surface area contributed by atoms with Crippen molar-refractivity contribution in [3.05, 3.63) is 0 Å². The molecule has 2 unspecified atom stereocenters. The number of hydrogen-bond acceptors (Lipinski definition) is 2. The third kappa shape index (κ3) is 3.74. The fourth-order valence-electron chi connectivity index (χ4n) is 3.02. The summed E-state index contributed by atoms with van der Waals surface area (Å²) < 4.78 is 5.61. The van der Waals surface area contributed by atoms with E-state index in [1.54, 1.807) is 0 Å². The van der Waals surface area contributed by atoms with E-state index in [1.807, 2.05) is 0 Å². The van der Waals surface area contributed by atoms with Gasteiger partial charge in [-0.15, -0.1) is 0 Å². The second-order valence-corrected chi connectivity index (χ2v) is 5.57. The lowest BCUT2D eigenvalue weighted by Crippen LogP contribution is -2.35. The maximum absolute atomic E-state index is 5.61. The van der Waals surface area contributed by atoms with E-state index in [4.69, 9.17) is 4.74 Å². The molecular formula is C14H27NO. The van der Waals surface area contributed by atoms with Gasteiger partial charge in [0, 0.05) is 19.2 Å². The summed E-state index contributed by atoms with van der Waals surface area (Å²) in [5.74, 6) is 0.755. The van der Waals surface area contributed by atoms with E-state index >= 15 is 0 Å². The van der Waals surface area contributed by atoms with Crippen LogP contribution >= 0.6 is 0 Å². The smallest absolute Gasteiger partial charge is 0.0588 e. The highest BCUT2D eigenvalue weighted by Crippen LogP contribution is 2.21. The maximum Gasteiger partial charge on any atom is 0.0588 e. The van der Waals surface area contributed by atoms with E-state index in [1.165, 1.54) is 57.9 Å². The predicted octanol–water partition coefficient (Wildman–Crippen LogP) is 3.11. The van der Waals surface area contributed by atoms with E-state index in [0.717, 1.165) is 18.6 Å². The van der Waals surface area contributed by atoms with Gasteiger partial charge in [-0.2, -0.15) is 0 Å². The molecular weight excluding hydrogens is 198 g/mol. The summed E-state index contributed by atoms with van der Waals surface area (Å²) >= 11 is 0. The van der Waals surface area contributed by atoms with Gasteiger partial charge in [-0.3, -0.25) is 0 Å². The van der Waals surface area contributed by atoms with Gasteiger partial charge in [0.05, 0.1) is 6.10 Å². The van der Waals surface area contributed by atoms with E-state index in [0.29, 0.717) is 6.10 Å². The summed E-state index contributed by atoms with van der Waals surface area (Å²) in [6.45, 7) is 4.36. The third-order valence-corrected chi connectivity index (χ3v) is 4.31. The third-order valence-electron chi connectivity index (χ3n) is 4.31. The molecule has 2 nitrogen and oxygen atoms in total. The maximum atomic E-state index is 5.61. The quantitative estimate of drug-likeness (QED) is 0.797. The SMILES string of the molecule is CC1OCCC1CNC1CCCCCCC1. The van der Waals surface area contributed by atoms with Crippen LogP contribution in [0.5, 0.6) is 0 Å². The van der Waals surface area contributed by atoms with Crippen molar-refractivity contribution in [3.63, 3.8) is 0 Å². The Morgan fingerprint density at radius 3 is 2.31 bits per heavy atom. The molecule has 0 aromatic rings. The van der Waals surface area contributed by atoms with Gasteiger partial charge in [0.15, 0.2) is 0 Å². The van der Waals surface area contributed by atoms with Gasteiger partial charge >= 0.3 is 0 Å². The molecule has 0 bridgehead atoms. The van der Waals surface area contributed by atoms with Crippen molar-refractivity contribution in [2.24, 2.45) is 5.92 Å². The van der Waals surface area contributed by atoms with Gasteiger partial charge in [0.1, 0.15) is 0 Å². The zero-order valence-electron chi connectivity index (χ0n) is 10.7. The Bertz CT molecular complexity index is 187. The number of nitrogens with one attached hydrogen (secondary N) is 1. The summed E-state index contributed by atoms with van der Waals surface area (Å²) in [6, 6.07) is 0.785. The molecule has 0 amide bonds. The molecule has 0 aromatic carbocycles. The van der Waals surface area contributed by atoms with Crippen molar-refractivity contribution >= 4 is 0 Å². The van der Waals surface area contributed by atoms with Gasteiger partial charge < -0.3 is 10.1 Å². The highest BCUT2D eigenvalue weighted by molar-refractivity contribution is 4.77. The molecule has 94 valence electrons. The average Bonchev–Trinajstić information content (AvgIpc) is 2.63. The Morgan fingerprint density at radius 1 is 1.00 bits per heavy atom. The van der Waals surface area contributed by atoms with Crippen molar-refractivity contribution in [3.8, 4) is 0 Å². The van der Waals surface area contributed by atoms with Crippen LogP contribution in [0.3, 0.4) is 0 Å². The molecule has 1 aliphatic heterocycles. The van der Waals surface area contributed by atoms with Gasteiger partial charge in [-0.25, -0.2) is 0 Å². The molecule has 0 aromatic heterocycles. The average molecular weight is 225 g/mol. The minimum atomic E-state index is 0.473. The first-order valence-electron chi connectivity index (χ1n) is 7.21. The second kappa shape index (κ2) is 6.61. The number of rotatable bonds is 3. The van der Waals surface area contributed by atoms with Crippen molar-refractivity contribution in [2.45, 2.75) is 70.4 Å². The lowest BCUT2D eigenvalue weighted by atomic mass is 9.95. The second-order valence-electron chi connectivity index (χ2n) is 5.57. The van der Waals surface area contributed by atoms with Crippen LogP contribution in [-0.4, -0.2) is 25.3 Å². The molecule has 2 fully saturated rings. The van der Waals surface area contributed by atoms with Gasteiger partial charge in [0.25, 0.3) is 0 Å². The molecule has 2 rings (SSSR count). The van der Waals surface area contributed by atoms with Crippen molar-refractivity contribution in [2.75, 3.05) is 13.2 Å². The summed E-state index contributed by atoms with van der Waals surface area (Å²) in [6.07, 6.45) is 11.7. The van der Waals surface area contributed by atoms with Crippen molar-refractivity contribution in [1.82, 2.24) is 5.32 Å². The van der Waals surface area contributed by atoms with E-state index < -0.39 is 0 Å². The zero-order valence-corrected chi connectivity index (χ0v) is 10.7. The van der Waals surface area contributed by atoms with Crippen molar-refractivity contribution < 1.29 is 4.74 Å². The molecule has 1 aliphatic carbocycles. The van der Waals surface area contributed by atoms with Gasteiger partial charge in [0.2, 0.25) is 0 Å². The molecule has 2 aliphatic rings. The van der Waals surface area contributed by atoms with Crippen LogP contribution in [0.2, 0.25) is 0 Å². The highest BCUT2D eigenvalue weighted by Gasteiger charge is 2.24. The van der Waals surface area contributed by atoms with Crippen molar-refractivity contribution in [1.29, 1.82) is 0 Å². The normalized spacial score (nSPS) is 33.6. The highest BCUT2D eigenvalue weighted by atomic mass is 16.5. The fourth-order valence-corrected chi connectivity index (χ4v) is 3.02. The first-order valence-corrected chi connectivity index (χ1v) is 7.21. The minimum Gasteiger partial charge on any atom is -0.378 e. The largest absolute Gasteiger partial charge is 0.378 e. The summed E-state index contributed by atoms with van der Waals surface area (Å²) in [4.78, 5) is 0. The molecule has 1 heterocycles. The Hall–Kier alpha value is -0.0800.